The molecule has 0 aromatic heterocycles. The molecule has 5 rings (SSSR count). The van der Waals surface area contributed by atoms with Crippen molar-refractivity contribution in [3.63, 3.8) is 0 Å². The van der Waals surface area contributed by atoms with E-state index in [4.69, 9.17) is 0 Å². The molecule has 0 heterocycles. The van der Waals surface area contributed by atoms with Gasteiger partial charge in [0.25, 0.3) is 0 Å². The van der Waals surface area contributed by atoms with Crippen LogP contribution in [0.3, 0.4) is 0 Å². The highest BCUT2D eigenvalue weighted by molar-refractivity contribution is 5.39. The standard InChI is InChI=1S/C14H20/c1-2-6-13(5-1)9-10(13)12-11(9)14(12)7-3-4-8-14/h9-12H,1-8H2. The van der Waals surface area contributed by atoms with Crippen LogP contribution in [-0.2, 0) is 0 Å². The summed E-state index contributed by atoms with van der Waals surface area (Å²) in [5, 5.41) is 0. The molecule has 0 unspecified atom stereocenters. The van der Waals surface area contributed by atoms with Crippen LogP contribution >= 0.6 is 0 Å². The molecule has 14 heavy (non-hydrogen) atoms. The molecule has 0 nitrogen and oxygen atoms in total. The molecule has 0 saturated heterocycles. The van der Waals surface area contributed by atoms with Crippen LogP contribution in [0.1, 0.15) is 51.4 Å². The van der Waals surface area contributed by atoms with Crippen LogP contribution in [0, 0.1) is 34.5 Å². The van der Waals surface area contributed by atoms with Gasteiger partial charge in [-0.05, 0) is 60.2 Å². The maximum atomic E-state index is 1.63. The Bertz CT molecular complexity index is 244. The first-order valence-electron chi connectivity index (χ1n) is 6.90. The minimum atomic E-state index is 0.975. The van der Waals surface area contributed by atoms with Gasteiger partial charge in [-0.3, -0.25) is 0 Å². The van der Waals surface area contributed by atoms with Gasteiger partial charge < -0.3 is 0 Å². The number of rotatable bonds is 0. The van der Waals surface area contributed by atoms with Crippen molar-refractivity contribution in [1.82, 2.24) is 0 Å². The molecule has 0 amide bonds. The smallest absolute Gasteiger partial charge is 0.0229 e. The summed E-state index contributed by atoms with van der Waals surface area (Å²) in [5.41, 5.74) is 1.95. The molecule has 0 atom stereocenters. The molecule has 0 bridgehead atoms. The van der Waals surface area contributed by atoms with Gasteiger partial charge >= 0.3 is 0 Å². The molecule has 0 N–H and O–H groups in total. The summed E-state index contributed by atoms with van der Waals surface area (Å²) in [6.07, 6.45) is 12.8. The molecule has 0 aromatic rings. The maximum Gasteiger partial charge on any atom is -0.0229 e. The SMILES string of the molecule is C1CCC2(C1)C1C2C2C1C21CCCC1. The molecule has 5 saturated carbocycles. The largest absolute Gasteiger partial charge is 0.0527 e. The third-order valence-corrected chi connectivity index (χ3v) is 7.05. The Morgan fingerprint density at radius 3 is 1.07 bits per heavy atom. The first-order valence-corrected chi connectivity index (χ1v) is 6.90. The topological polar surface area (TPSA) is 0 Å². The average molecular weight is 188 g/mol. The Kier molecular flexibility index (Phi) is 0.954. The van der Waals surface area contributed by atoms with E-state index in [0.29, 0.717) is 0 Å². The highest BCUT2D eigenvalue weighted by Crippen LogP contribution is 2.97. The summed E-state index contributed by atoms with van der Waals surface area (Å²) in [6, 6.07) is 0. The zero-order valence-electron chi connectivity index (χ0n) is 8.97. The zero-order valence-corrected chi connectivity index (χ0v) is 8.97. The van der Waals surface area contributed by atoms with Crippen molar-refractivity contribution in [2.45, 2.75) is 51.4 Å². The lowest BCUT2D eigenvalue weighted by atomic mass is 9.92. The van der Waals surface area contributed by atoms with Gasteiger partial charge in [-0.1, -0.05) is 25.7 Å². The Morgan fingerprint density at radius 1 is 0.500 bits per heavy atom. The molecule has 0 aromatic carbocycles. The van der Waals surface area contributed by atoms with Gasteiger partial charge in [0.2, 0.25) is 0 Å². The normalized spacial score (nSPS) is 58.3. The molecule has 5 aliphatic carbocycles. The molecule has 0 heteroatoms. The Labute approximate surface area is 86.5 Å². The summed E-state index contributed by atoms with van der Waals surface area (Å²) in [6.45, 7) is 0. The number of hydrogen-bond donors (Lipinski definition) is 0. The highest BCUT2D eigenvalue weighted by Gasteiger charge is 2.92. The minimum Gasteiger partial charge on any atom is -0.0527 e. The van der Waals surface area contributed by atoms with E-state index in [-0.39, 0.29) is 0 Å². The molecule has 2 spiro atoms. The van der Waals surface area contributed by atoms with Gasteiger partial charge in [0.15, 0.2) is 0 Å². The summed E-state index contributed by atoms with van der Waals surface area (Å²) in [7, 11) is 0. The maximum absolute atomic E-state index is 1.63. The molecular formula is C14H20. The van der Waals surface area contributed by atoms with Crippen molar-refractivity contribution >= 4 is 0 Å². The second kappa shape index (κ2) is 1.83. The molecule has 0 radical (unpaired) electrons. The van der Waals surface area contributed by atoms with E-state index in [1.165, 1.54) is 23.7 Å². The molecule has 76 valence electrons. The zero-order chi connectivity index (χ0) is 8.97. The third kappa shape index (κ3) is 0.498. The van der Waals surface area contributed by atoms with Crippen molar-refractivity contribution in [2.24, 2.45) is 34.5 Å². The first kappa shape index (κ1) is 7.30. The third-order valence-electron chi connectivity index (χ3n) is 7.05. The minimum absolute atomic E-state index is 0.975. The fourth-order valence-electron chi connectivity index (χ4n) is 6.69. The predicted molar refractivity (Wildman–Crippen MR) is 55.8 cm³/mol. The van der Waals surface area contributed by atoms with E-state index in [9.17, 15) is 0 Å². The average Bonchev–Trinajstić information content (AvgIpc) is 2.66. The monoisotopic (exact) mass is 188 g/mol. The van der Waals surface area contributed by atoms with Gasteiger partial charge in [-0.25, -0.2) is 0 Å². The van der Waals surface area contributed by atoms with Crippen LogP contribution in [0.2, 0.25) is 0 Å². The van der Waals surface area contributed by atoms with Crippen LogP contribution in [0.15, 0.2) is 0 Å². The van der Waals surface area contributed by atoms with Crippen LogP contribution in [0.5, 0.6) is 0 Å². The van der Waals surface area contributed by atoms with E-state index < -0.39 is 0 Å². The Balaban J connectivity index is 1.46. The van der Waals surface area contributed by atoms with Crippen molar-refractivity contribution in [3.05, 3.63) is 0 Å². The van der Waals surface area contributed by atoms with Gasteiger partial charge in [-0.15, -0.1) is 0 Å². The van der Waals surface area contributed by atoms with E-state index >= 15 is 0 Å². The summed E-state index contributed by atoms with van der Waals surface area (Å²) in [4.78, 5) is 0. The molecule has 5 fully saturated rings. The van der Waals surface area contributed by atoms with Crippen molar-refractivity contribution in [3.8, 4) is 0 Å². The second-order valence-electron chi connectivity index (χ2n) is 6.98. The Morgan fingerprint density at radius 2 is 0.786 bits per heavy atom. The number of hydrogen-bond acceptors (Lipinski definition) is 0. The number of fused-ring (bicyclic) bond motifs is 8. The highest BCUT2D eigenvalue weighted by atomic mass is 15.0. The van der Waals surface area contributed by atoms with Crippen LogP contribution in [0.4, 0.5) is 0 Å². The van der Waals surface area contributed by atoms with Gasteiger partial charge in [-0.2, -0.15) is 0 Å². The quantitative estimate of drug-likeness (QED) is 0.544. The van der Waals surface area contributed by atoms with Crippen LogP contribution in [-0.4, -0.2) is 0 Å². The summed E-state index contributed by atoms with van der Waals surface area (Å²) in [5.74, 6) is 5.09. The Hall–Kier alpha value is 0. The van der Waals surface area contributed by atoms with E-state index in [0.717, 1.165) is 10.8 Å². The predicted octanol–water partition coefficient (Wildman–Crippen LogP) is 3.61. The van der Waals surface area contributed by atoms with Gasteiger partial charge in [0, 0.05) is 0 Å². The van der Waals surface area contributed by atoms with E-state index in [1.54, 1.807) is 51.4 Å². The molecule has 5 aliphatic rings. The first-order chi connectivity index (χ1) is 6.90. The van der Waals surface area contributed by atoms with Gasteiger partial charge in [0.1, 0.15) is 0 Å². The lowest BCUT2D eigenvalue weighted by Crippen LogP contribution is -2.04. The van der Waals surface area contributed by atoms with Crippen molar-refractivity contribution in [1.29, 1.82) is 0 Å². The van der Waals surface area contributed by atoms with Crippen molar-refractivity contribution < 1.29 is 0 Å². The second-order valence-corrected chi connectivity index (χ2v) is 6.98. The van der Waals surface area contributed by atoms with E-state index in [1.807, 2.05) is 0 Å². The van der Waals surface area contributed by atoms with Crippen LogP contribution in [0.25, 0.3) is 0 Å². The summed E-state index contributed by atoms with van der Waals surface area (Å²) >= 11 is 0. The van der Waals surface area contributed by atoms with Gasteiger partial charge in [0.05, 0.1) is 0 Å². The van der Waals surface area contributed by atoms with Crippen molar-refractivity contribution in [2.75, 3.05) is 0 Å². The fourth-order valence-corrected chi connectivity index (χ4v) is 6.69. The van der Waals surface area contributed by atoms with E-state index in [2.05, 4.69) is 0 Å². The molecule has 0 aliphatic heterocycles. The fraction of sp³-hybridized carbons (Fsp3) is 1.00. The lowest BCUT2D eigenvalue weighted by Gasteiger charge is -2.12. The van der Waals surface area contributed by atoms with Crippen LogP contribution < -0.4 is 0 Å². The summed E-state index contributed by atoms with van der Waals surface area (Å²) < 4.78 is 0. The molecular weight excluding hydrogens is 168 g/mol. The lowest BCUT2D eigenvalue weighted by molar-refractivity contribution is 0.367.